The first-order valence-corrected chi connectivity index (χ1v) is 9.58. The van der Waals surface area contributed by atoms with E-state index in [2.05, 4.69) is 21.2 Å². The van der Waals surface area contributed by atoms with Gasteiger partial charge in [0.25, 0.3) is 11.1 Å². The van der Waals surface area contributed by atoms with Gasteiger partial charge in [0.1, 0.15) is 0 Å². The molecule has 1 N–H and O–H groups in total. The number of benzene rings is 2. The Morgan fingerprint density at radius 1 is 1.12 bits per heavy atom. The van der Waals surface area contributed by atoms with Crippen molar-refractivity contribution in [3.8, 4) is 0 Å². The molecule has 26 heavy (non-hydrogen) atoms. The number of halogens is 1. The molecule has 2 aromatic rings. The van der Waals surface area contributed by atoms with E-state index in [4.69, 9.17) is 0 Å². The van der Waals surface area contributed by atoms with Gasteiger partial charge in [0.2, 0.25) is 0 Å². The van der Waals surface area contributed by atoms with Crippen molar-refractivity contribution in [1.29, 1.82) is 0 Å². The predicted molar refractivity (Wildman–Crippen MR) is 111 cm³/mol. The summed E-state index contributed by atoms with van der Waals surface area (Å²) in [6.45, 7) is 0.129. The highest BCUT2D eigenvalue weighted by Crippen LogP contribution is 2.32. The molecule has 5 nitrogen and oxygen atoms in total. The number of imide groups is 1. The summed E-state index contributed by atoms with van der Waals surface area (Å²) in [5, 5.41) is 2.84. The number of amides is 2. The standard InChI is InChI=1S/C19H18BrN3O2S/c1-22(2)14-9-7-13(8-10-14)11-17-18(24)23(19(25)26-17)12-21-16-6-4-3-5-15(16)20/h3-11,21H,12H2,1-2H3/b17-11+. The highest BCUT2D eigenvalue weighted by molar-refractivity contribution is 9.10. The van der Waals surface area contributed by atoms with Crippen LogP contribution < -0.4 is 10.2 Å². The molecule has 3 rings (SSSR count). The minimum Gasteiger partial charge on any atom is -0.378 e. The van der Waals surface area contributed by atoms with Crippen LogP contribution in [0, 0.1) is 0 Å². The van der Waals surface area contributed by atoms with Crippen LogP contribution in [0.2, 0.25) is 0 Å². The molecule has 0 radical (unpaired) electrons. The number of hydrogen-bond acceptors (Lipinski definition) is 5. The Labute approximate surface area is 165 Å². The lowest BCUT2D eigenvalue weighted by Crippen LogP contribution is -2.33. The third kappa shape index (κ3) is 4.11. The molecule has 7 heteroatoms. The first-order chi connectivity index (χ1) is 12.5. The SMILES string of the molecule is CN(C)c1ccc(/C=C2/SC(=O)N(CNc3ccccc3Br)C2=O)cc1. The maximum atomic E-state index is 12.6. The molecule has 1 saturated heterocycles. The van der Waals surface area contributed by atoms with Gasteiger partial charge >= 0.3 is 0 Å². The van der Waals surface area contributed by atoms with E-state index in [0.717, 1.165) is 33.2 Å². The van der Waals surface area contributed by atoms with E-state index >= 15 is 0 Å². The van der Waals surface area contributed by atoms with Gasteiger partial charge in [-0.25, -0.2) is 0 Å². The van der Waals surface area contributed by atoms with Gasteiger partial charge < -0.3 is 10.2 Å². The van der Waals surface area contributed by atoms with E-state index in [1.54, 1.807) is 6.08 Å². The molecular formula is C19H18BrN3O2S. The Kier molecular flexibility index (Phi) is 5.68. The summed E-state index contributed by atoms with van der Waals surface area (Å²) in [7, 11) is 3.94. The highest BCUT2D eigenvalue weighted by atomic mass is 79.9. The number of carbonyl (C=O) groups is 2. The fourth-order valence-corrected chi connectivity index (χ4v) is 3.69. The lowest BCUT2D eigenvalue weighted by atomic mass is 10.2. The van der Waals surface area contributed by atoms with Gasteiger partial charge in [0, 0.05) is 29.9 Å². The number of thioether (sulfide) groups is 1. The van der Waals surface area contributed by atoms with Crippen molar-refractivity contribution in [2.75, 3.05) is 31.0 Å². The van der Waals surface area contributed by atoms with Gasteiger partial charge in [-0.05, 0) is 63.6 Å². The van der Waals surface area contributed by atoms with E-state index in [9.17, 15) is 9.59 Å². The summed E-state index contributed by atoms with van der Waals surface area (Å²) >= 11 is 4.40. The molecule has 1 fully saturated rings. The van der Waals surface area contributed by atoms with Crippen LogP contribution in [0.3, 0.4) is 0 Å². The van der Waals surface area contributed by atoms with Gasteiger partial charge in [-0.3, -0.25) is 14.5 Å². The topological polar surface area (TPSA) is 52.7 Å². The molecule has 0 aromatic heterocycles. The van der Waals surface area contributed by atoms with E-state index in [-0.39, 0.29) is 17.8 Å². The summed E-state index contributed by atoms with van der Waals surface area (Å²) in [6, 6.07) is 15.4. The maximum Gasteiger partial charge on any atom is 0.295 e. The summed E-state index contributed by atoms with van der Waals surface area (Å²) in [5.41, 5.74) is 2.79. The summed E-state index contributed by atoms with van der Waals surface area (Å²) in [6.07, 6.45) is 1.75. The van der Waals surface area contributed by atoms with Crippen molar-refractivity contribution >= 4 is 56.3 Å². The van der Waals surface area contributed by atoms with E-state index in [1.165, 1.54) is 4.90 Å². The number of nitrogens with zero attached hydrogens (tertiary/aromatic N) is 2. The highest BCUT2D eigenvalue weighted by Gasteiger charge is 2.34. The summed E-state index contributed by atoms with van der Waals surface area (Å²) < 4.78 is 0.878. The molecule has 0 spiro atoms. The van der Waals surface area contributed by atoms with Crippen LogP contribution in [0.15, 0.2) is 57.9 Å². The lowest BCUT2D eigenvalue weighted by molar-refractivity contribution is -0.122. The van der Waals surface area contributed by atoms with E-state index < -0.39 is 0 Å². The first kappa shape index (κ1) is 18.5. The molecule has 0 atom stereocenters. The molecule has 0 aliphatic carbocycles. The van der Waals surface area contributed by atoms with Crippen LogP contribution in [0.4, 0.5) is 16.2 Å². The second-order valence-electron chi connectivity index (χ2n) is 5.91. The van der Waals surface area contributed by atoms with Gasteiger partial charge in [-0.15, -0.1) is 0 Å². The monoisotopic (exact) mass is 431 g/mol. The molecular weight excluding hydrogens is 414 g/mol. The number of hydrogen-bond donors (Lipinski definition) is 1. The third-order valence-corrected chi connectivity index (χ3v) is 5.48. The van der Waals surface area contributed by atoms with Crippen molar-refractivity contribution in [1.82, 2.24) is 4.90 Å². The Bertz CT molecular complexity index is 865. The van der Waals surface area contributed by atoms with Gasteiger partial charge in [0.05, 0.1) is 11.6 Å². The number of anilines is 2. The minimum atomic E-state index is -0.281. The zero-order valence-corrected chi connectivity index (χ0v) is 16.8. The summed E-state index contributed by atoms with van der Waals surface area (Å²) in [5.74, 6) is -0.281. The smallest absolute Gasteiger partial charge is 0.295 e. The van der Waals surface area contributed by atoms with Crippen molar-refractivity contribution in [2.24, 2.45) is 0 Å². The van der Waals surface area contributed by atoms with Crippen LogP contribution in [-0.4, -0.2) is 36.8 Å². The van der Waals surface area contributed by atoms with Gasteiger partial charge in [-0.2, -0.15) is 0 Å². The lowest BCUT2D eigenvalue weighted by Gasteiger charge is -2.15. The third-order valence-electron chi connectivity index (χ3n) is 3.88. The number of rotatable bonds is 5. The van der Waals surface area contributed by atoms with Crippen molar-refractivity contribution < 1.29 is 9.59 Å². The maximum absolute atomic E-state index is 12.6. The zero-order valence-electron chi connectivity index (χ0n) is 14.4. The molecule has 1 aliphatic rings. The van der Waals surface area contributed by atoms with Crippen LogP contribution in [0.25, 0.3) is 6.08 Å². The molecule has 0 saturated carbocycles. The van der Waals surface area contributed by atoms with Crippen LogP contribution in [0.1, 0.15) is 5.56 Å². The fraction of sp³-hybridized carbons (Fsp3) is 0.158. The molecule has 2 aromatic carbocycles. The van der Waals surface area contributed by atoms with Crippen molar-refractivity contribution in [3.05, 3.63) is 63.5 Å². The quantitative estimate of drug-likeness (QED) is 0.699. The number of nitrogens with one attached hydrogen (secondary N) is 1. The average molecular weight is 432 g/mol. The molecule has 2 amide bonds. The Balaban J connectivity index is 1.71. The van der Waals surface area contributed by atoms with Crippen molar-refractivity contribution in [2.45, 2.75) is 0 Å². The van der Waals surface area contributed by atoms with Crippen LogP contribution >= 0.6 is 27.7 Å². The molecule has 0 bridgehead atoms. The minimum absolute atomic E-state index is 0.129. The zero-order chi connectivity index (χ0) is 18.7. The van der Waals surface area contributed by atoms with E-state index in [0.29, 0.717) is 4.91 Å². The molecule has 134 valence electrons. The Morgan fingerprint density at radius 2 is 1.81 bits per heavy atom. The van der Waals surface area contributed by atoms with Crippen molar-refractivity contribution in [3.63, 3.8) is 0 Å². The van der Waals surface area contributed by atoms with E-state index in [1.807, 2.05) is 67.5 Å². The first-order valence-electron chi connectivity index (χ1n) is 7.97. The predicted octanol–water partition coefficient (Wildman–Crippen LogP) is 4.62. The fourth-order valence-electron chi connectivity index (χ4n) is 2.43. The van der Waals surface area contributed by atoms with Gasteiger partial charge in [-0.1, -0.05) is 24.3 Å². The summed E-state index contributed by atoms with van der Waals surface area (Å²) in [4.78, 5) is 28.4. The number of carbonyl (C=O) groups excluding carboxylic acids is 2. The molecule has 1 aliphatic heterocycles. The van der Waals surface area contributed by atoms with Gasteiger partial charge in [0.15, 0.2) is 0 Å². The Hall–Kier alpha value is -2.25. The largest absolute Gasteiger partial charge is 0.378 e. The second kappa shape index (κ2) is 7.97. The van der Waals surface area contributed by atoms with Crippen LogP contribution in [-0.2, 0) is 4.79 Å². The Morgan fingerprint density at radius 3 is 2.46 bits per heavy atom. The molecule has 1 heterocycles. The average Bonchev–Trinajstić information content (AvgIpc) is 2.88. The normalized spacial score (nSPS) is 15.7. The second-order valence-corrected chi connectivity index (χ2v) is 7.76. The van der Waals surface area contributed by atoms with Crippen LogP contribution in [0.5, 0.6) is 0 Å². The number of para-hydroxylation sites is 1. The molecule has 0 unspecified atom stereocenters.